The van der Waals surface area contributed by atoms with Crippen LogP contribution in [0.4, 0.5) is 0 Å². The summed E-state index contributed by atoms with van der Waals surface area (Å²) in [5, 5.41) is 3.42. The van der Waals surface area contributed by atoms with Gasteiger partial charge in [-0.15, -0.1) is 0 Å². The number of hydrogen-bond donors (Lipinski definition) is 1. The molecular formula is C16H15N. The Hall–Kier alpha value is -1.86. The standard InChI is InChI=1S/C16H15N/c1-2-5-13(6-3-1)14-8-10-15(11-9-14)16-7-4-12-17-16/h1-11,16-17H,12H2. The fraction of sp³-hybridized carbons (Fsp3) is 0.125. The van der Waals surface area contributed by atoms with E-state index in [1.165, 1.54) is 16.7 Å². The zero-order valence-corrected chi connectivity index (χ0v) is 9.64. The van der Waals surface area contributed by atoms with Gasteiger partial charge in [0.05, 0.1) is 6.04 Å². The first-order valence-corrected chi connectivity index (χ1v) is 5.99. The van der Waals surface area contributed by atoms with Crippen molar-refractivity contribution < 1.29 is 0 Å². The maximum Gasteiger partial charge on any atom is 0.0509 e. The van der Waals surface area contributed by atoms with Crippen LogP contribution in [-0.2, 0) is 0 Å². The highest BCUT2D eigenvalue weighted by atomic mass is 14.9. The molecule has 2 aromatic rings. The third-order valence-electron chi connectivity index (χ3n) is 3.16. The molecule has 0 aliphatic carbocycles. The van der Waals surface area contributed by atoms with E-state index in [-0.39, 0.29) is 0 Å². The summed E-state index contributed by atoms with van der Waals surface area (Å²) in [7, 11) is 0. The second-order valence-electron chi connectivity index (χ2n) is 4.30. The van der Waals surface area contributed by atoms with Crippen LogP contribution >= 0.6 is 0 Å². The SMILES string of the molecule is C1=CC(c2ccc(-c3ccccc3)cc2)NC1. The third kappa shape index (κ3) is 2.15. The Morgan fingerprint density at radius 1 is 0.824 bits per heavy atom. The highest BCUT2D eigenvalue weighted by molar-refractivity contribution is 5.63. The zero-order chi connectivity index (χ0) is 11.5. The summed E-state index contributed by atoms with van der Waals surface area (Å²) < 4.78 is 0. The quantitative estimate of drug-likeness (QED) is 0.765. The van der Waals surface area contributed by atoms with Crippen LogP contribution in [0.5, 0.6) is 0 Å². The van der Waals surface area contributed by atoms with E-state index in [1.807, 2.05) is 6.07 Å². The van der Waals surface area contributed by atoms with Gasteiger partial charge >= 0.3 is 0 Å². The van der Waals surface area contributed by atoms with Gasteiger partial charge in [0.25, 0.3) is 0 Å². The van der Waals surface area contributed by atoms with Gasteiger partial charge in [0, 0.05) is 6.54 Å². The fourth-order valence-electron chi connectivity index (χ4n) is 2.21. The summed E-state index contributed by atoms with van der Waals surface area (Å²) in [6.07, 6.45) is 4.40. The molecule has 0 saturated heterocycles. The summed E-state index contributed by atoms with van der Waals surface area (Å²) in [4.78, 5) is 0. The molecule has 1 heterocycles. The summed E-state index contributed by atoms with van der Waals surface area (Å²) in [6, 6.07) is 19.7. The average Bonchev–Trinajstić information content (AvgIpc) is 2.94. The van der Waals surface area contributed by atoms with Gasteiger partial charge in [0.15, 0.2) is 0 Å². The minimum atomic E-state index is 0.389. The average molecular weight is 221 g/mol. The normalized spacial score (nSPS) is 18.5. The highest BCUT2D eigenvalue weighted by Crippen LogP contribution is 2.23. The van der Waals surface area contributed by atoms with Crippen LogP contribution in [0.25, 0.3) is 11.1 Å². The van der Waals surface area contributed by atoms with Crippen molar-refractivity contribution in [3.63, 3.8) is 0 Å². The van der Waals surface area contributed by atoms with Gasteiger partial charge in [0.1, 0.15) is 0 Å². The van der Waals surface area contributed by atoms with Gasteiger partial charge in [-0.2, -0.15) is 0 Å². The van der Waals surface area contributed by atoms with Crippen LogP contribution < -0.4 is 5.32 Å². The number of rotatable bonds is 2. The van der Waals surface area contributed by atoms with Crippen molar-refractivity contribution in [1.82, 2.24) is 5.32 Å². The van der Waals surface area contributed by atoms with Crippen molar-refractivity contribution >= 4 is 0 Å². The molecule has 0 radical (unpaired) electrons. The molecule has 1 heteroatoms. The first-order chi connectivity index (χ1) is 8.43. The molecule has 1 aliphatic heterocycles. The predicted molar refractivity (Wildman–Crippen MR) is 71.8 cm³/mol. The van der Waals surface area contributed by atoms with E-state index in [4.69, 9.17) is 0 Å². The molecule has 3 rings (SSSR count). The van der Waals surface area contributed by atoms with Crippen LogP contribution in [0, 0.1) is 0 Å². The Morgan fingerprint density at radius 2 is 1.53 bits per heavy atom. The Morgan fingerprint density at radius 3 is 2.18 bits per heavy atom. The van der Waals surface area contributed by atoms with Crippen molar-refractivity contribution in [2.75, 3.05) is 6.54 Å². The summed E-state index contributed by atoms with van der Waals surface area (Å²) in [5.41, 5.74) is 3.88. The van der Waals surface area contributed by atoms with Crippen LogP contribution in [-0.4, -0.2) is 6.54 Å². The third-order valence-corrected chi connectivity index (χ3v) is 3.16. The van der Waals surface area contributed by atoms with Crippen LogP contribution in [0.2, 0.25) is 0 Å². The van der Waals surface area contributed by atoms with E-state index in [1.54, 1.807) is 0 Å². The van der Waals surface area contributed by atoms with Gasteiger partial charge in [-0.3, -0.25) is 0 Å². The second-order valence-corrected chi connectivity index (χ2v) is 4.30. The molecule has 84 valence electrons. The van der Waals surface area contributed by atoms with Crippen LogP contribution in [0.1, 0.15) is 11.6 Å². The first kappa shape index (κ1) is 10.3. The number of nitrogens with one attached hydrogen (secondary N) is 1. The predicted octanol–water partition coefficient (Wildman–Crippen LogP) is 3.55. The lowest BCUT2D eigenvalue weighted by molar-refractivity contribution is 0.713. The summed E-state index contributed by atoms with van der Waals surface area (Å²) in [5.74, 6) is 0. The topological polar surface area (TPSA) is 12.0 Å². The maximum atomic E-state index is 3.42. The Bertz CT molecular complexity index is 511. The van der Waals surface area contributed by atoms with Crippen molar-refractivity contribution in [1.29, 1.82) is 0 Å². The minimum absolute atomic E-state index is 0.389. The fourth-order valence-corrected chi connectivity index (χ4v) is 2.21. The second kappa shape index (κ2) is 4.56. The number of benzene rings is 2. The minimum Gasteiger partial charge on any atom is -0.303 e. The van der Waals surface area contributed by atoms with Gasteiger partial charge in [-0.05, 0) is 16.7 Å². The molecular weight excluding hydrogens is 206 g/mol. The van der Waals surface area contributed by atoms with Crippen molar-refractivity contribution in [2.24, 2.45) is 0 Å². The van der Waals surface area contributed by atoms with E-state index in [2.05, 4.69) is 66.0 Å². The maximum absolute atomic E-state index is 3.42. The first-order valence-electron chi connectivity index (χ1n) is 5.99. The largest absolute Gasteiger partial charge is 0.303 e. The van der Waals surface area contributed by atoms with Gasteiger partial charge in [-0.25, -0.2) is 0 Å². The van der Waals surface area contributed by atoms with E-state index in [0.717, 1.165) is 6.54 Å². The van der Waals surface area contributed by atoms with E-state index < -0.39 is 0 Å². The molecule has 1 unspecified atom stereocenters. The lowest BCUT2D eigenvalue weighted by Gasteiger charge is -2.10. The molecule has 1 N–H and O–H groups in total. The molecule has 0 bridgehead atoms. The molecule has 1 atom stereocenters. The summed E-state index contributed by atoms with van der Waals surface area (Å²) in [6.45, 7) is 0.977. The van der Waals surface area contributed by atoms with Gasteiger partial charge in [0.2, 0.25) is 0 Å². The molecule has 0 saturated carbocycles. The van der Waals surface area contributed by atoms with Crippen LogP contribution in [0.15, 0.2) is 66.7 Å². The number of hydrogen-bond acceptors (Lipinski definition) is 1. The molecule has 0 fully saturated rings. The molecule has 0 amide bonds. The molecule has 2 aromatic carbocycles. The monoisotopic (exact) mass is 221 g/mol. The molecule has 0 aromatic heterocycles. The van der Waals surface area contributed by atoms with Crippen molar-refractivity contribution in [3.05, 3.63) is 72.3 Å². The molecule has 17 heavy (non-hydrogen) atoms. The van der Waals surface area contributed by atoms with Crippen LogP contribution in [0.3, 0.4) is 0 Å². The Kier molecular flexibility index (Phi) is 2.76. The van der Waals surface area contributed by atoms with Crippen molar-refractivity contribution in [2.45, 2.75) is 6.04 Å². The van der Waals surface area contributed by atoms with Gasteiger partial charge in [-0.1, -0.05) is 66.7 Å². The highest BCUT2D eigenvalue weighted by Gasteiger charge is 2.10. The Balaban J connectivity index is 1.87. The Labute approximate surface area is 102 Å². The smallest absolute Gasteiger partial charge is 0.0509 e. The van der Waals surface area contributed by atoms with Crippen molar-refractivity contribution in [3.8, 4) is 11.1 Å². The van der Waals surface area contributed by atoms with E-state index >= 15 is 0 Å². The van der Waals surface area contributed by atoms with Gasteiger partial charge < -0.3 is 5.32 Å². The molecule has 0 spiro atoms. The summed E-state index contributed by atoms with van der Waals surface area (Å²) >= 11 is 0. The lowest BCUT2D eigenvalue weighted by Crippen LogP contribution is -2.13. The van der Waals surface area contributed by atoms with E-state index in [0.29, 0.717) is 6.04 Å². The zero-order valence-electron chi connectivity index (χ0n) is 9.64. The van der Waals surface area contributed by atoms with E-state index in [9.17, 15) is 0 Å². The molecule has 1 aliphatic rings. The lowest BCUT2D eigenvalue weighted by atomic mass is 10.0. The molecule has 1 nitrogen and oxygen atoms in total.